The van der Waals surface area contributed by atoms with Gasteiger partial charge in [0.05, 0.1) is 0 Å². The van der Waals surface area contributed by atoms with Gasteiger partial charge in [0.2, 0.25) is 5.01 Å². The number of para-hydroxylation sites is 1. The number of carbonyl (C=O) groups excluding carboxylic acids is 2. The Hall–Kier alpha value is -3.26. The lowest BCUT2D eigenvalue weighted by molar-refractivity contribution is 0.102. The summed E-state index contributed by atoms with van der Waals surface area (Å²) in [6, 6.07) is 15.2. The second-order valence-electron chi connectivity index (χ2n) is 7.80. The first-order valence-corrected chi connectivity index (χ1v) is 11.1. The number of nitrogens with zero attached hydrogens (tertiary/aromatic N) is 3. The van der Waals surface area contributed by atoms with Crippen molar-refractivity contribution in [3.8, 4) is 0 Å². The number of aryl methyl sites for hydroxylation is 2. The maximum Gasteiger partial charge on any atom is 0.321 e. The number of piperidine rings is 1. The Morgan fingerprint density at radius 1 is 1.06 bits per heavy atom. The van der Waals surface area contributed by atoms with Gasteiger partial charge in [0.15, 0.2) is 0 Å². The lowest BCUT2D eigenvalue weighted by Gasteiger charge is -2.31. The summed E-state index contributed by atoms with van der Waals surface area (Å²) in [5.74, 6) is -0.191. The molecule has 3 amide bonds. The molecule has 0 saturated carbocycles. The molecular formula is C23H25N5O2S. The number of anilines is 2. The molecule has 0 bridgehead atoms. The van der Waals surface area contributed by atoms with Crippen LogP contribution in [-0.2, 0) is 0 Å². The smallest absolute Gasteiger partial charge is 0.321 e. The van der Waals surface area contributed by atoms with Crippen LogP contribution in [0.3, 0.4) is 0 Å². The third-order valence-corrected chi connectivity index (χ3v) is 6.44. The van der Waals surface area contributed by atoms with Crippen molar-refractivity contribution >= 4 is 34.6 Å². The van der Waals surface area contributed by atoms with Crippen LogP contribution in [0.4, 0.5) is 16.2 Å². The van der Waals surface area contributed by atoms with Gasteiger partial charge in [0.1, 0.15) is 5.01 Å². The quantitative estimate of drug-likeness (QED) is 0.615. The number of rotatable bonds is 4. The first-order chi connectivity index (χ1) is 15.0. The van der Waals surface area contributed by atoms with Crippen LogP contribution in [0.2, 0.25) is 0 Å². The number of amides is 3. The topological polar surface area (TPSA) is 87.2 Å². The molecule has 0 unspecified atom stereocenters. The number of hydrogen-bond acceptors (Lipinski definition) is 5. The Balaban J connectivity index is 1.40. The number of hydrogen-bond donors (Lipinski definition) is 2. The standard InChI is InChI=1S/C23H25N5O2S/c1-15-10-11-16(2)19(13-15)25-23(30)28-12-6-7-17(14-28)21-26-27-22(31-21)20(29)24-18-8-4-3-5-9-18/h3-5,8-11,13,17H,6-7,12,14H2,1-2H3,(H,24,29)(H,25,30)/t17-/m0/s1. The summed E-state index contributed by atoms with van der Waals surface area (Å²) in [6.45, 7) is 5.25. The Labute approximate surface area is 185 Å². The largest absolute Gasteiger partial charge is 0.324 e. The molecule has 0 radical (unpaired) electrons. The highest BCUT2D eigenvalue weighted by Gasteiger charge is 2.28. The van der Waals surface area contributed by atoms with Crippen molar-refractivity contribution in [2.45, 2.75) is 32.6 Å². The van der Waals surface area contributed by atoms with E-state index >= 15 is 0 Å². The molecule has 2 N–H and O–H groups in total. The van der Waals surface area contributed by atoms with Crippen molar-refractivity contribution in [2.24, 2.45) is 0 Å². The second-order valence-corrected chi connectivity index (χ2v) is 8.81. The molecule has 0 spiro atoms. The normalized spacial score (nSPS) is 16.1. The molecule has 1 saturated heterocycles. The molecule has 2 aromatic carbocycles. The van der Waals surface area contributed by atoms with E-state index in [1.807, 2.05) is 67.3 Å². The number of carbonyl (C=O) groups is 2. The summed E-state index contributed by atoms with van der Waals surface area (Å²) in [7, 11) is 0. The molecule has 160 valence electrons. The van der Waals surface area contributed by atoms with Crippen LogP contribution < -0.4 is 10.6 Å². The molecule has 3 aromatic rings. The van der Waals surface area contributed by atoms with E-state index in [2.05, 4.69) is 20.8 Å². The number of nitrogens with one attached hydrogen (secondary N) is 2. The van der Waals surface area contributed by atoms with Crippen molar-refractivity contribution in [2.75, 3.05) is 23.7 Å². The van der Waals surface area contributed by atoms with Crippen LogP contribution in [0.1, 0.15) is 44.7 Å². The van der Waals surface area contributed by atoms with Crippen molar-refractivity contribution in [1.29, 1.82) is 0 Å². The lowest BCUT2D eigenvalue weighted by Crippen LogP contribution is -2.41. The summed E-state index contributed by atoms with van der Waals surface area (Å²) in [5.41, 5.74) is 3.69. The van der Waals surface area contributed by atoms with Crippen molar-refractivity contribution in [3.63, 3.8) is 0 Å². The molecule has 0 aliphatic carbocycles. The Morgan fingerprint density at radius 2 is 1.87 bits per heavy atom. The van der Waals surface area contributed by atoms with E-state index in [-0.39, 0.29) is 17.9 Å². The maximum atomic E-state index is 12.8. The van der Waals surface area contributed by atoms with E-state index in [9.17, 15) is 9.59 Å². The Kier molecular flexibility index (Phi) is 6.27. The highest BCUT2D eigenvalue weighted by molar-refractivity contribution is 7.13. The highest BCUT2D eigenvalue weighted by Crippen LogP contribution is 2.30. The predicted octanol–water partition coefficient (Wildman–Crippen LogP) is 4.82. The van der Waals surface area contributed by atoms with Gasteiger partial charge in [0.25, 0.3) is 5.91 Å². The molecule has 1 fully saturated rings. The Bertz CT molecular complexity index is 1080. The van der Waals surface area contributed by atoms with Gasteiger partial charge < -0.3 is 15.5 Å². The van der Waals surface area contributed by atoms with E-state index in [4.69, 9.17) is 0 Å². The van der Waals surface area contributed by atoms with Gasteiger partial charge in [-0.1, -0.05) is 41.7 Å². The number of benzene rings is 2. The summed E-state index contributed by atoms with van der Waals surface area (Å²) in [4.78, 5) is 27.1. The molecule has 8 heteroatoms. The van der Waals surface area contributed by atoms with Crippen LogP contribution in [0.15, 0.2) is 48.5 Å². The van der Waals surface area contributed by atoms with Crippen LogP contribution in [-0.4, -0.2) is 40.1 Å². The lowest BCUT2D eigenvalue weighted by atomic mass is 9.99. The van der Waals surface area contributed by atoms with Gasteiger partial charge in [-0.15, -0.1) is 10.2 Å². The van der Waals surface area contributed by atoms with Gasteiger partial charge in [-0.2, -0.15) is 0 Å². The zero-order valence-corrected chi connectivity index (χ0v) is 18.4. The van der Waals surface area contributed by atoms with E-state index in [0.717, 1.165) is 40.4 Å². The molecule has 4 rings (SSSR count). The van der Waals surface area contributed by atoms with Gasteiger partial charge in [-0.05, 0) is 56.0 Å². The molecular weight excluding hydrogens is 410 g/mol. The summed E-state index contributed by atoms with van der Waals surface area (Å²) in [6.07, 6.45) is 1.80. The van der Waals surface area contributed by atoms with Crippen LogP contribution >= 0.6 is 11.3 Å². The Morgan fingerprint density at radius 3 is 2.68 bits per heavy atom. The first kappa shape index (κ1) is 21.0. The van der Waals surface area contributed by atoms with E-state index < -0.39 is 0 Å². The van der Waals surface area contributed by atoms with Crippen molar-refractivity contribution in [1.82, 2.24) is 15.1 Å². The van der Waals surface area contributed by atoms with E-state index in [0.29, 0.717) is 18.1 Å². The average molecular weight is 436 g/mol. The zero-order chi connectivity index (χ0) is 21.8. The summed E-state index contributed by atoms with van der Waals surface area (Å²) < 4.78 is 0. The average Bonchev–Trinajstić information content (AvgIpc) is 3.28. The second kappa shape index (κ2) is 9.26. The molecule has 1 atom stereocenters. The maximum absolute atomic E-state index is 12.8. The van der Waals surface area contributed by atoms with Gasteiger partial charge in [-0.25, -0.2) is 4.79 Å². The van der Waals surface area contributed by atoms with Gasteiger partial charge in [0, 0.05) is 30.4 Å². The van der Waals surface area contributed by atoms with Crippen LogP contribution in [0.5, 0.6) is 0 Å². The van der Waals surface area contributed by atoms with Gasteiger partial charge in [-0.3, -0.25) is 4.79 Å². The van der Waals surface area contributed by atoms with E-state index in [1.54, 1.807) is 0 Å². The fourth-order valence-electron chi connectivity index (χ4n) is 3.63. The minimum absolute atomic E-state index is 0.0777. The summed E-state index contributed by atoms with van der Waals surface area (Å²) in [5, 5.41) is 15.3. The number of aromatic nitrogens is 2. The fourth-order valence-corrected chi connectivity index (χ4v) is 4.49. The third-order valence-electron chi connectivity index (χ3n) is 5.36. The monoisotopic (exact) mass is 435 g/mol. The SMILES string of the molecule is Cc1ccc(C)c(NC(=O)N2CCC[C@H](c3nnc(C(=O)Nc4ccccc4)s3)C2)c1. The molecule has 1 aliphatic heterocycles. The van der Waals surface area contributed by atoms with Gasteiger partial charge >= 0.3 is 6.03 Å². The molecule has 7 nitrogen and oxygen atoms in total. The van der Waals surface area contributed by atoms with E-state index in [1.165, 1.54) is 11.3 Å². The zero-order valence-electron chi connectivity index (χ0n) is 17.6. The van der Waals surface area contributed by atoms with Crippen molar-refractivity contribution < 1.29 is 9.59 Å². The number of urea groups is 1. The molecule has 1 aliphatic rings. The predicted molar refractivity (Wildman–Crippen MR) is 123 cm³/mol. The van der Waals surface area contributed by atoms with Crippen LogP contribution in [0, 0.1) is 13.8 Å². The van der Waals surface area contributed by atoms with Crippen LogP contribution in [0.25, 0.3) is 0 Å². The summed E-state index contributed by atoms with van der Waals surface area (Å²) >= 11 is 1.30. The molecule has 2 heterocycles. The minimum atomic E-state index is -0.268. The van der Waals surface area contributed by atoms with Crippen molar-refractivity contribution in [3.05, 3.63) is 69.7 Å². The highest BCUT2D eigenvalue weighted by atomic mass is 32.1. The minimum Gasteiger partial charge on any atom is -0.324 e. The molecule has 31 heavy (non-hydrogen) atoms. The number of likely N-dealkylation sites (tertiary alicyclic amines) is 1. The third kappa shape index (κ3) is 5.08. The first-order valence-electron chi connectivity index (χ1n) is 10.3. The fraction of sp³-hybridized carbons (Fsp3) is 0.304. The molecule has 1 aromatic heterocycles.